The lowest BCUT2D eigenvalue weighted by molar-refractivity contribution is -0.135. The molecule has 0 atom stereocenters. The molecule has 0 aromatic heterocycles. The van der Waals surface area contributed by atoms with Crippen LogP contribution in [0.4, 0.5) is 5.69 Å². The van der Waals surface area contributed by atoms with E-state index in [9.17, 15) is 18.3 Å². The van der Waals surface area contributed by atoms with Crippen LogP contribution in [-0.4, -0.2) is 40.3 Å². The van der Waals surface area contributed by atoms with E-state index in [4.69, 9.17) is 9.47 Å². The van der Waals surface area contributed by atoms with Crippen LogP contribution in [0.2, 0.25) is 0 Å². The van der Waals surface area contributed by atoms with Crippen LogP contribution in [0, 0.1) is 0 Å². The number of carboxylic acids is 1. The minimum atomic E-state index is -4.11. The van der Waals surface area contributed by atoms with E-state index in [0.717, 1.165) is 16.3 Å². The molecule has 140 valence electrons. The van der Waals surface area contributed by atoms with Gasteiger partial charge in [-0.2, -0.15) is 0 Å². The van der Waals surface area contributed by atoms with E-state index in [1.54, 1.807) is 24.3 Å². The molecule has 2 rings (SSSR count). The number of aryl methyl sites for hydroxylation is 1. The lowest BCUT2D eigenvalue weighted by Crippen LogP contribution is -2.35. The number of anilines is 1. The van der Waals surface area contributed by atoms with Gasteiger partial charge < -0.3 is 14.6 Å². The fourth-order valence-corrected chi connectivity index (χ4v) is 3.87. The summed E-state index contributed by atoms with van der Waals surface area (Å²) in [5, 5.41) is 9.19. The van der Waals surface area contributed by atoms with E-state index in [-0.39, 0.29) is 16.3 Å². The smallest absolute Gasteiger partial charge is 0.324 e. The number of sulfonamides is 1. The quantitative estimate of drug-likeness (QED) is 0.758. The molecular weight excluding hydrogens is 358 g/mol. The average Bonchev–Trinajstić information content (AvgIpc) is 2.65. The number of rotatable bonds is 8. The maximum absolute atomic E-state index is 13.1. The average molecular weight is 379 g/mol. The minimum Gasteiger partial charge on any atom is -0.493 e. The molecule has 7 nitrogen and oxygen atoms in total. The summed E-state index contributed by atoms with van der Waals surface area (Å²) in [7, 11) is -1.27. The highest BCUT2D eigenvalue weighted by atomic mass is 32.2. The highest BCUT2D eigenvalue weighted by molar-refractivity contribution is 7.92. The third-order valence-corrected chi connectivity index (χ3v) is 5.62. The molecule has 0 spiro atoms. The second-order valence-electron chi connectivity index (χ2n) is 5.44. The third kappa shape index (κ3) is 4.08. The number of carboxylic acid groups (broad SMARTS) is 1. The fourth-order valence-electron chi connectivity index (χ4n) is 2.44. The third-order valence-electron chi connectivity index (χ3n) is 3.85. The minimum absolute atomic E-state index is 0.0871. The van der Waals surface area contributed by atoms with Crippen molar-refractivity contribution < 1.29 is 27.8 Å². The summed E-state index contributed by atoms with van der Waals surface area (Å²) in [6.07, 6.45) is 0.793. The van der Waals surface area contributed by atoms with Crippen LogP contribution in [0.1, 0.15) is 12.5 Å². The molecular formula is C18H21NO6S. The Balaban J connectivity index is 2.53. The predicted octanol–water partition coefficient (Wildman–Crippen LogP) is 2.55. The van der Waals surface area contributed by atoms with Crippen LogP contribution >= 0.6 is 0 Å². The number of ether oxygens (including phenoxy) is 2. The Hall–Kier alpha value is -2.74. The Morgan fingerprint density at radius 1 is 1.04 bits per heavy atom. The second kappa shape index (κ2) is 8.09. The molecule has 0 heterocycles. The molecule has 8 heteroatoms. The van der Waals surface area contributed by atoms with Gasteiger partial charge in [-0.3, -0.25) is 9.10 Å². The SMILES string of the molecule is CCc1ccc(N(CC(=O)O)S(=O)(=O)c2ccc(OC)c(OC)c2)cc1. The number of aliphatic carboxylic acids is 1. The van der Waals surface area contributed by atoms with Crippen LogP contribution < -0.4 is 13.8 Å². The van der Waals surface area contributed by atoms with Crippen molar-refractivity contribution >= 4 is 21.7 Å². The van der Waals surface area contributed by atoms with Gasteiger partial charge in [0.15, 0.2) is 11.5 Å². The summed E-state index contributed by atoms with van der Waals surface area (Å²) in [6, 6.07) is 10.9. The van der Waals surface area contributed by atoms with Crippen molar-refractivity contribution in [2.75, 3.05) is 25.1 Å². The molecule has 0 saturated heterocycles. The van der Waals surface area contributed by atoms with Gasteiger partial charge in [0.05, 0.1) is 24.8 Å². The highest BCUT2D eigenvalue weighted by Gasteiger charge is 2.28. The van der Waals surface area contributed by atoms with Crippen molar-refractivity contribution in [3.63, 3.8) is 0 Å². The molecule has 1 N–H and O–H groups in total. The van der Waals surface area contributed by atoms with Gasteiger partial charge in [-0.1, -0.05) is 19.1 Å². The second-order valence-corrected chi connectivity index (χ2v) is 7.30. The van der Waals surface area contributed by atoms with Crippen LogP contribution in [-0.2, 0) is 21.2 Å². The standard InChI is InChI=1S/C18H21NO6S/c1-4-13-5-7-14(8-6-13)19(12-18(20)21)26(22,23)15-9-10-16(24-2)17(11-15)25-3/h5-11H,4,12H2,1-3H3,(H,20,21). The summed E-state index contributed by atoms with van der Waals surface area (Å²) < 4.78 is 37.2. The predicted molar refractivity (Wildman–Crippen MR) is 97.5 cm³/mol. The first-order valence-corrected chi connectivity index (χ1v) is 9.33. The summed E-state index contributed by atoms with van der Waals surface area (Å²) in [5.41, 5.74) is 1.30. The molecule has 0 aliphatic heterocycles. The first-order chi connectivity index (χ1) is 12.3. The van der Waals surface area contributed by atoms with Crippen molar-refractivity contribution in [2.45, 2.75) is 18.2 Å². The molecule has 26 heavy (non-hydrogen) atoms. The number of hydrogen-bond acceptors (Lipinski definition) is 5. The van der Waals surface area contributed by atoms with Gasteiger partial charge in [0, 0.05) is 6.07 Å². The van der Waals surface area contributed by atoms with E-state index in [0.29, 0.717) is 5.75 Å². The van der Waals surface area contributed by atoms with Gasteiger partial charge >= 0.3 is 5.97 Å². The summed E-state index contributed by atoms with van der Waals surface area (Å²) in [4.78, 5) is 11.2. The molecule has 0 aliphatic rings. The first-order valence-electron chi connectivity index (χ1n) is 7.89. The first kappa shape index (κ1) is 19.6. The summed E-state index contributed by atoms with van der Waals surface area (Å²) in [6.45, 7) is 1.28. The Labute approximate surface area is 152 Å². The monoisotopic (exact) mass is 379 g/mol. The highest BCUT2D eigenvalue weighted by Crippen LogP contribution is 2.32. The van der Waals surface area contributed by atoms with E-state index >= 15 is 0 Å². The molecule has 0 unspecified atom stereocenters. The van der Waals surface area contributed by atoms with Crippen LogP contribution in [0.25, 0.3) is 0 Å². The van der Waals surface area contributed by atoms with Gasteiger partial charge in [-0.25, -0.2) is 8.42 Å². The Bertz CT molecular complexity index is 877. The molecule has 0 saturated carbocycles. The summed E-state index contributed by atoms with van der Waals surface area (Å²) >= 11 is 0. The number of hydrogen-bond donors (Lipinski definition) is 1. The largest absolute Gasteiger partial charge is 0.493 e. The molecule has 0 aliphatic carbocycles. The van der Waals surface area contributed by atoms with E-state index < -0.39 is 22.5 Å². The molecule has 0 radical (unpaired) electrons. The number of nitrogens with zero attached hydrogens (tertiary/aromatic N) is 1. The van der Waals surface area contributed by atoms with E-state index in [1.165, 1.54) is 32.4 Å². The van der Waals surface area contributed by atoms with Crippen molar-refractivity contribution in [3.05, 3.63) is 48.0 Å². The topological polar surface area (TPSA) is 93.1 Å². The van der Waals surface area contributed by atoms with Gasteiger partial charge in [0.25, 0.3) is 10.0 Å². The zero-order valence-corrected chi connectivity index (χ0v) is 15.6. The van der Waals surface area contributed by atoms with Gasteiger partial charge in [-0.15, -0.1) is 0 Å². The number of carbonyl (C=O) groups is 1. The summed E-state index contributed by atoms with van der Waals surface area (Å²) in [5.74, 6) is -0.637. The normalized spacial score (nSPS) is 11.0. The van der Waals surface area contributed by atoms with E-state index in [1.807, 2.05) is 6.92 Å². The zero-order valence-electron chi connectivity index (χ0n) is 14.8. The maximum atomic E-state index is 13.1. The number of benzene rings is 2. The van der Waals surface area contributed by atoms with Crippen molar-refractivity contribution in [1.82, 2.24) is 0 Å². The van der Waals surface area contributed by atoms with Gasteiger partial charge in [-0.05, 0) is 36.2 Å². The Kier molecular flexibility index (Phi) is 6.10. The van der Waals surface area contributed by atoms with Crippen LogP contribution in [0.5, 0.6) is 11.5 Å². The number of methoxy groups -OCH3 is 2. The molecule has 2 aromatic rings. The van der Waals surface area contributed by atoms with Crippen LogP contribution in [0.3, 0.4) is 0 Å². The van der Waals surface area contributed by atoms with Gasteiger partial charge in [0.1, 0.15) is 6.54 Å². The Morgan fingerprint density at radius 2 is 1.65 bits per heavy atom. The van der Waals surface area contributed by atoms with E-state index in [2.05, 4.69) is 0 Å². The lowest BCUT2D eigenvalue weighted by atomic mass is 10.1. The fraction of sp³-hybridized carbons (Fsp3) is 0.278. The van der Waals surface area contributed by atoms with Crippen molar-refractivity contribution in [2.24, 2.45) is 0 Å². The maximum Gasteiger partial charge on any atom is 0.324 e. The van der Waals surface area contributed by atoms with Gasteiger partial charge in [0.2, 0.25) is 0 Å². The molecule has 2 aromatic carbocycles. The molecule has 0 fully saturated rings. The molecule has 0 bridgehead atoms. The molecule has 0 amide bonds. The van der Waals surface area contributed by atoms with Crippen LogP contribution in [0.15, 0.2) is 47.4 Å². The lowest BCUT2D eigenvalue weighted by Gasteiger charge is -2.23. The Morgan fingerprint density at radius 3 is 2.15 bits per heavy atom. The van der Waals surface area contributed by atoms with Crippen molar-refractivity contribution in [3.8, 4) is 11.5 Å². The van der Waals surface area contributed by atoms with Crippen molar-refractivity contribution in [1.29, 1.82) is 0 Å². The zero-order chi connectivity index (χ0) is 19.3.